The average molecular weight is 226 g/mol. The lowest BCUT2D eigenvalue weighted by atomic mass is 10.4. The first-order valence-corrected chi connectivity index (χ1v) is 4.49. The number of amides is 1. The molecule has 0 bridgehead atoms. The Hall–Kier alpha value is -1.80. The van der Waals surface area contributed by atoms with Gasteiger partial charge in [-0.25, -0.2) is 4.98 Å². The number of carbonyl (C=O) groups excluding carboxylic acids is 1. The van der Waals surface area contributed by atoms with Crippen molar-refractivity contribution in [2.24, 2.45) is 0 Å². The lowest BCUT2D eigenvalue weighted by molar-refractivity contribution is -0.122. The highest BCUT2D eigenvalue weighted by Gasteiger charge is 2.04. The lowest BCUT2D eigenvalue weighted by Gasteiger charge is -2.05. The van der Waals surface area contributed by atoms with Crippen molar-refractivity contribution in [3.63, 3.8) is 0 Å². The van der Waals surface area contributed by atoms with Crippen molar-refractivity contribution in [2.45, 2.75) is 0 Å². The third kappa shape index (κ3) is 3.83. The molecule has 0 saturated heterocycles. The van der Waals surface area contributed by atoms with Gasteiger partial charge in [0.05, 0.1) is 6.07 Å². The summed E-state index contributed by atoms with van der Waals surface area (Å²) in [7, 11) is 0. The van der Waals surface area contributed by atoms with E-state index in [1.165, 1.54) is 6.20 Å². The Bertz CT molecular complexity index is 389. The summed E-state index contributed by atoms with van der Waals surface area (Å²) in [4.78, 5) is 14.8. The number of rotatable bonds is 4. The molecule has 0 saturated carbocycles. The van der Waals surface area contributed by atoms with Gasteiger partial charge in [0, 0.05) is 6.20 Å². The predicted octanol–water partition coefficient (Wildman–Crippen LogP) is 0.754. The maximum Gasteiger partial charge on any atom is 0.258 e. The van der Waals surface area contributed by atoms with Crippen LogP contribution in [0.3, 0.4) is 0 Å². The number of halogens is 1. The van der Waals surface area contributed by atoms with E-state index in [2.05, 4.69) is 10.3 Å². The molecule has 1 rings (SSSR count). The monoisotopic (exact) mass is 225 g/mol. The predicted molar refractivity (Wildman–Crippen MR) is 53.4 cm³/mol. The molecule has 78 valence electrons. The standard InChI is InChI=1S/C9H8ClN3O2/c10-9-7(2-1-4-13-9)15-6-8(14)12-5-3-11/h1-2,4H,5-6H2,(H,12,14). The third-order valence-corrected chi connectivity index (χ3v) is 1.73. The van der Waals surface area contributed by atoms with Crippen LogP contribution in [0.5, 0.6) is 5.75 Å². The Morgan fingerprint density at radius 2 is 2.53 bits per heavy atom. The van der Waals surface area contributed by atoms with Gasteiger partial charge in [0.15, 0.2) is 17.5 Å². The first-order valence-electron chi connectivity index (χ1n) is 4.11. The number of pyridine rings is 1. The summed E-state index contributed by atoms with van der Waals surface area (Å²) in [5.41, 5.74) is 0. The zero-order valence-corrected chi connectivity index (χ0v) is 8.49. The van der Waals surface area contributed by atoms with Crippen LogP contribution in [0.1, 0.15) is 0 Å². The SMILES string of the molecule is N#CCNC(=O)COc1cccnc1Cl. The maximum atomic E-state index is 11.0. The van der Waals surface area contributed by atoms with Crippen LogP contribution in [0.25, 0.3) is 0 Å². The van der Waals surface area contributed by atoms with Gasteiger partial charge < -0.3 is 10.1 Å². The van der Waals surface area contributed by atoms with Gasteiger partial charge >= 0.3 is 0 Å². The van der Waals surface area contributed by atoms with Crippen LogP contribution in [-0.4, -0.2) is 24.0 Å². The van der Waals surface area contributed by atoms with Crippen molar-refractivity contribution in [1.82, 2.24) is 10.3 Å². The third-order valence-electron chi connectivity index (χ3n) is 1.45. The van der Waals surface area contributed by atoms with Gasteiger partial charge in [0.2, 0.25) is 0 Å². The van der Waals surface area contributed by atoms with Crippen molar-refractivity contribution in [1.29, 1.82) is 5.26 Å². The molecule has 1 N–H and O–H groups in total. The van der Waals surface area contributed by atoms with Crippen LogP contribution in [0.4, 0.5) is 0 Å². The Kier molecular flexibility index (Phi) is 4.38. The molecule has 0 unspecified atom stereocenters. The molecule has 0 aromatic carbocycles. The molecule has 1 aromatic heterocycles. The number of aromatic nitrogens is 1. The summed E-state index contributed by atoms with van der Waals surface area (Å²) >= 11 is 5.69. The molecule has 5 nitrogen and oxygen atoms in total. The molecule has 0 atom stereocenters. The van der Waals surface area contributed by atoms with E-state index in [1.54, 1.807) is 18.2 Å². The van der Waals surface area contributed by atoms with Gasteiger partial charge in [0.1, 0.15) is 6.54 Å². The number of nitriles is 1. The second kappa shape index (κ2) is 5.83. The number of ether oxygens (including phenoxy) is 1. The lowest BCUT2D eigenvalue weighted by Crippen LogP contribution is -2.29. The molecule has 1 amide bonds. The molecule has 0 aliphatic rings. The minimum atomic E-state index is -0.378. The van der Waals surface area contributed by atoms with Crippen LogP contribution >= 0.6 is 11.6 Å². The van der Waals surface area contributed by atoms with Crippen LogP contribution in [0.15, 0.2) is 18.3 Å². The summed E-state index contributed by atoms with van der Waals surface area (Å²) in [5.74, 6) is -0.0391. The second-order valence-electron chi connectivity index (χ2n) is 2.52. The van der Waals surface area contributed by atoms with Gasteiger partial charge in [-0.3, -0.25) is 4.79 Å². The Balaban J connectivity index is 2.41. The van der Waals surface area contributed by atoms with Gasteiger partial charge in [0.25, 0.3) is 5.91 Å². The summed E-state index contributed by atoms with van der Waals surface area (Å²) in [6.45, 7) is -0.226. The van der Waals surface area contributed by atoms with Crippen molar-refractivity contribution in [3.05, 3.63) is 23.5 Å². The first kappa shape index (κ1) is 11.3. The number of nitrogens with one attached hydrogen (secondary N) is 1. The van der Waals surface area contributed by atoms with E-state index in [0.29, 0.717) is 5.75 Å². The fourth-order valence-electron chi connectivity index (χ4n) is 0.811. The zero-order chi connectivity index (χ0) is 11.1. The molecule has 0 fully saturated rings. The van der Waals surface area contributed by atoms with Gasteiger partial charge in [-0.15, -0.1) is 0 Å². The number of carbonyl (C=O) groups is 1. The molecule has 0 aliphatic carbocycles. The van der Waals surface area contributed by atoms with Crippen molar-refractivity contribution in [3.8, 4) is 11.8 Å². The van der Waals surface area contributed by atoms with E-state index < -0.39 is 0 Å². The van der Waals surface area contributed by atoms with Crippen LogP contribution in [0, 0.1) is 11.3 Å². The highest BCUT2D eigenvalue weighted by atomic mass is 35.5. The quantitative estimate of drug-likeness (QED) is 0.606. The zero-order valence-electron chi connectivity index (χ0n) is 7.74. The first-order chi connectivity index (χ1) is 7.24. The van der Waals surface area contributed by atoms with Gasteiger partial charge in [-0.1, -0.05) is 11.6 Å². The molecular weight excluding hydrogens is 218 g/mol. The molecule has 1 heterocycles. The fourth-order valence-corrected chi connectivity index (χ4v) is 0.985. The summed E-state index contributed by atoms with van der Waals surface area (Å²) < 4.78 is 5.08. The van der Waals surface area contributed by atoms with Gasteiger partial charge in [-0.05, 0) is 12.1 Å². The molecule has 0 aliphatic heterocycles. The van der Waals surface area contributed by atoms with E-state index in [-0.39, 0.29) is 24.2 Å². The molecule has 15 heavy (non-hydrogen) atoms. The Morgan fingerprint density at radius 3 is 3.20 bits per heavy atom. The smallest absolute Gasteiger partial charge is 0.258 e. The number of nitrogens with zero attached hydrogens (tertiary/aromatic N) is 2. The molecular formula is C9H8ClN3O2. The highest BCUT2D eigenvalue weighted by Crippen LogP contribution is 2.19. The van der Waals surface area contributed by atoms with E-state index in [1.807, 2.05) is 0 Å². The average Bonchev–Trinajstić information content (AvgIpc) is 2.25. The fraction of sp³-hybridized carbons (Fsp3) is 0.222. The second-order valence-corrected chi connectivity index (χ2v) is 2.87. The van der Waals surface area contributed by atoms with Crippen LogP contribution < -0.4 is 10.1 Å². The largest absolute Gasteiger partial charge is 0.481 e. The van der Waals surface area contributed by atoms with Crippen molar-refractivity contribution >= 4 is 17.5 Å². The van der Waals surface area contributed by atoms with E-state index in [4.69, 9.17) is 21.6 Å². The Labute approximate surface area is 91.6 Å². The van der Waals surface area contributed by atoms with Gasteiger partial charge in [-0.2, -0.15) is 5.26 Å². The number of hydrogen-bond acceptors (Lipinski definition) is 4. The topological polar surface area (TPSA) is 75.0 Å². The summed E-state index contributed by atoms with van der Waals surface area (Å²) in [6.07, 6.45) is 1.52. The van der Waals surface area contributed by atoms with Crippen molar-refractivity contribution in [2.75, 3.05) is 13.2 Å². The highest BCUT2D eigenvalue weighted by molar-refractivity contribution is 6.30. The minimum absolute atomic E-state index is 0.0387. The van der Waals surface area contributed by atoms with E-state index in [0.717, 1.165) is 0 Å². The Morgan fingerprint density at radius 1 is 1.73 bits per heavy atom. The molecule has 1 aromatic rings. The van der Waals surface area contributed by atoms with Crippen LogP contribution in [-0.2, 0) is 4.79 Å². The summed E-state index contributed by atoms with van der Waals surface area (Å²) in [5, 5.41) is 10.7. The minimum Gasteiger partial charge on any atom is -0.481 e. The van der Waals surface area contributed by atoms with Crippen LogP contribution in [0.2, 0.25) is 5.15 Å². The number of hydrogen-bond donors (Lipinski definition) is 1. The van der Waals surface area contributed by atoms with E-state index >= 15 is 0 Å². The molecule has 0 spiro atoms. The normalized spacial score (nSPS) is 9.07. The van der Waals surface area contributed by atoms with E-state index in [9.17, 15) is 4.79 Å². The summed E-state index contributed by atoms with van der Waals surface area (Å²) in [6, 6.07) is 5.03. The molecule has 6 heteroatoms. The molecule has 0 radical (unpaired) electrons. The maximum absolute atomic E-state index is 11.0. The van der Waals surface area contributed by atoms with Crippen molar-refractivity contribution < 1.29 is 9.53 Å².